The van der Waals surface area contributed by atoms with E-state index in [1.807, 2.05) is 6.92 Å². The second kappa shape index (κ2) is 7.86. The molecule has 0 saturated carbocycles. The number of nitro benzene ring substituents is 1. The number of fused-ring (bicyclic) bond motifs is 1. The van der Waals surface area contributed by atoms with Crippen molar-refractivity contribution in [2.45, 2.75) is 13.3 Å². The van der Waals surface area contributed by atoms with Gasteiger partial charge < -0.3 is 10.6 Å². The lowest BCUT2D eigenvalue weighted by Gasteiger charge is -2.13. The molecule has 9 heteroatoms. The Morgan fingerprint density at radius 3 is 2.93 bits per heavy atom. The third-order valence-corrected chi connectivity index (χ3v) is 5.31. The van der Waals surface area contributed by atoms with Crippen LogP contribution in [0.15, 0.2) is 36.7 Å². The summed E-state index contributed by atoms with van der Waals surface area (Å²) in [6, 6.07) is 7.44. The van der Waals surface area contributed by atoms with E-state index in [9.17, 15) is 14.5 Å². The van der Waals surface area contributed by atoms with Gasteiger partial charge in [-0.3, -0.25) is 10.1 Å². The van der Waals surface area contributed by atoms with Gasteiger partial charge in [0.1, 0.15) is 17.7 Å². The highest BCUT2D eigenvalue weighted by Crippen LogP contribution is 2.32. The van der Waals surface area contributed by atoms with Crippen molar-refractivity contribution < 1.29 is 9.31 Å². The maximum absolute atomic E-state index is 14.3. The predicted molar refractivity (Wildman–Crippen MR) is 113 cm³/mol. The first-order chi connectivity index (χ1) is 14.4. The molecule has 0 unspecified atom stereocenters. The van der Waals surface area contributed by atoms with E-state index in [1.54, 1.807) is 12.1 Å². The van der Waals surface area contributed by atoms with E-state index in [0.29, 0.717) is 10.9 Å². The van der Waals surface area contributed by atoms with Crippen LogP contribution in [0.25, 0.3) is 10.9 Å². The number of hydrogen-bond acceptors (Lipinski definition) is 6. The Labute approximate surface area is 176 Å². The topological polar surface area (TPSA) is 93.0 Å². The van der Waals surface area contributed by atoms with Gasteiger partial charge in [0.15, 0.2) is 5.82 Å². The molecule has 0 radical (unpaired) electrons. The van der Waals surface area contributed by atoms with E-state index in [2.05, 4.69) is 32.4 Å². The SMILES string of the molecule is C[C@]1(C#Cc2cc3ncnc(Nc4cccc(Cl)c4F)c3cc2[N+](=O)[O-])CCNC1. The number of benzene rings is 2. The van der Waals surface area contributed by atoms with Crippen LogP contribution in [0.1, 0.15) is 18.9 Å². The molecule has 2 aromatic carbocycles. The molecule has 2 N–H and O–H groups in total. The Morgan fingerprint density at radius 2 is 2.20 bits per heavy atom. The minimum absolute atomic E-state index is 0.0446. The second-order valence-corrected chi connectivity index (χ2v) is 7.74. The van der Waals surface area contributed by atoms with Crippen molar-refractivity contribution in [3.05, 3.63) is 63.2 Å². The third kappa shape index (κ3) is 3.90. The van der Waals surface area contributed by atoms with Crippen molar-refractivity contribution >= 4 is 39.7 Å². The Hall–Kier alpha value is -3.28. The van der Waals surface area contributed by atoms with Gasteiger partial charge in [0, 0.05) is 23.4 Å². The van der Waals surface area contributed by atoms with Crippen LogP contribution in [0.5, 0.6) is 0 Å². The number of nitrogens with zero attached hydrogens (tertiary/aromatic N) is 3. The molecule has 1 aromatic heterocycles. The highest BCUT2D eigenvalue weighted by Gasteiger charge is 2.26. The zero-order valence-corrected chi connectivity index (χ0v) is 16.8. The molecule has 0 spiro atoms. The van der Waals surface area contributed by atoms with E-state index in [-0.39, 0.29) is 33.2 Å². The van der Waals surface area contributed by atoms with E-state index < -0.39 is 10.7 Å². The predicted octanol–water partition coefficient (Wildman–Crippen LogP) is 4.43. The highest BCUT2D eigenvalue weighted by molar-refractivity contribution is 6.31. The first-order valence-corrected chi connectivity index (χ1v) is 9.62. The summed E-state index contributed by atoms with van der Waals surface area (Å²) in [5, 5.41) is 18.1. The quantitative estimate of drug-likeness (QED) is 0.366. The summed E-state index contributed by atoms with van der Waals surface area (Å²) in [7, 11) is 0. The Morgan fingerprint density at radius 1 is 1.37 bits per heavy atom. The van der Waals surface area contributed by atoms with Gasteiger partial charge in [-0.25, -0.2) is 14.4 Å². The number of aromatic nitrogens is 2. The summed E-state index contributed by atoms with van der Waals surface area (Å²) >= 11 is 5.83. The van der Waals surface area contributed by atoms with Crippen LogP contribution in [0, 0.1) is 33.2 Å². The minimum Gasteiger partial charge on any atom is -0.337 e. The third-order valence-electron chi connectivity index (χ3n) is 5.02. The van der Waals surface area contributed by atoms with Gasteiger partial charge in [-0.1, -0.05) is 29.5 Å². The van der Waals surface area contributed by atoms with Crippen LogP contribution < -0.4 is 10.6 Å². The molecular formula is C21H17ClFN5O2. The van der Waals surface area contributed by atoms with Gasteiger partial charge in [-0.15, -0.1) is 0 Å². The van der Waals surface area contributed by atoms with Gasteiger partial charge in [-0.05, 0) is 38.1 Å². The van der Waals surface area contributed by atoms with Crippen molar-refractivity contribution in [1.82, 2.24) is 15.3 Å². The van der Waals surface area contributed by atoms with E-state index in [0.717, 1.165) is 19.5 Å². The van der Waals surface area contributed by atoms with Crippen molar-refractivity contribution in [3.8, 4) is 11.8 Å². The minimum atomic E-state index is -0.638. The molecule has 1 fully saturated rings. The lowest BCUT2D eigenvalue weighted by molar-refractivity contribution is -0.385. The van der Waals surface area contributed by atoms with Crippen molar-refractivity contribution in [1.29, 1.82) is 0 Å². The molecule has 152 valence electrons. The summed E-state index contributed by atoms with van der Waals surface area (Å²) in [5.41, 5.74) is 0.453. The Balaban J connectivity index is 1.80. The van der Waals surface area contributed by atoms with Crippen molar-refractivity contribution in [3.63, 3.8) is 0 Å². The lowest BCUT2D eigenvalue weighted by Crippen LogP contribution is -2.17. The van der Waals surface area contributed by atoms with Crippen LogP contribution in [-0.4, -0.2) is 28.0 Å². The standard InChI is InChI=1S/C21H17ClFN5O2/c1-21(7-8-24-11-21)6-5-13-9-17-14(10-18(13)28(29)30)20(26-12-25-17)27-16-4-2-3-15(22)19(16)23/h2-4,9-10,12,24H,7-8,11H2,1H3,(H,25,26,27)/t21-/m0/s1. The molecule has 2 heterocycles. The largest absolute Gasteiger partial charge is 0.337 e. The van der Waals surface area contributed by atoms with E-state index in [1.165, 1.54) is 24.5 Å². The molecule has 0 bridgehead atoms. The molecule has 0 aliphatic carbocycles. The Kier molecular flexibility index (Phi) is 5.24. The average Bonchev–Trinajstić information content (AvgIpc) is 3.16. The van der Waals surface area contributed by atoms with E-state index >= 15 is 0 Å². The molecule has 30 heavy (non-hydrogen) atoms. The number of rotatable bonds is 3. The molecule has 1 aliphatic rings. The van der Waals surface area contributed by atoms with Crippen LogP contribution >= 0.6 is 11.6 Å². The number of nitrogens with one attached hydrogen (secondary N) is 2. The van der Waals surface area contributed by atoms with Crippen molar-refractivity contribution in [2.24, 2.45) is 5.41 Å². The fourth-order valence-corrected chi connectivity index (χ4v) is 3.49. The molecule has 1 atom stereocenters. The van der Waals surface area contributed by atoms with Gasteiger partial charge in [0.2, 0.25) is 0 Å². The maximum Gasteiger partial charge on any atom is 0.285 e. The van der Waals surface area contributed by atoms with Gasteiger partial charge in [-0.2, -0.15) is 0 Å². The first-order valence-electron chi connectivity index (χ1n) is 9.24. The average molecular weight is 426 g/mol. The zero-order valence-electron chi connectivity index (χ0n) is 16.0. The summed E-state index contributed by atoms with van der Waals surface area (Å²) < 4.78 is 14.3. The summed E-state index contributed by atoms with van der Waals surface area (Å²) in [4.78, 5) is 19.5. The van der Waals surface area contributed by atoms with Gasteiger partial charge in [0.05, 0.1) is 21.2 Å². The van der Waals surface area contributed by atoms with Crippen LogP contribution in [0.2, 0.25) is 5.02 Å². The molecular weight excluding hydrogens is 409 g/mol. The van der Waals surface area contributed by atoms with Crippen LogP contribution in [-0.2, 0) is 0 Å². The monoisotopic (exact) mass is 425 g/mol. The van der Waals surface area contributed by atoms with Crippen molar-refractivity contribution in [2.75, 3.05) is 18.4 Å². The summed E-state index contributed by atoms with van der Waals surface area (Å²) in [6.45, 7) is 3.63. The maximum atomic E-state index is 14.3. The van der Waals surface area contributed by atoms with Gasteiger partial charge >= 0.3 is 0 Å². The molecule has 4 rings (SSSR count). The molecule has 7 nitrogen and oxygen atoms in total. The van der Waals surface area contributed by atoms with E-state index in [4.69, 9.17) is 11.6 Å². The fourth-order valence-electron chi connectivity index (χ4n) is 3.31. The number of nitro groups is 1. The summed E-state index contributed by atoms with van der Waals surface area (Å²) in [5.74, 6) is 5.72. The number of anilines is 2. The number of hydrogen-bond donors (Lipinski definition) is 2. The smallest absolute Gasteiger partial charge is 0.285 e. The first kappa shape index (κ1) is 20.0. The molecule has 1 aliphatic heterocycles. The second-order valence-electron chi connectivity index (χ2n) is 7.33. The van der Waals surface area contributed by atoms with Crippen LogP contribution in [0.4, 0.5) is 21.6 Å². The Bertz CT molecular complexity index is 1220. The number of halogens is 2. The molecule has 0 amide bonds. The zero-order chi connectivity index (χ0) is 21.3. The van der Waals surface area contributed by atoms with Crippen LogP contribution in [0.3, 0.4) is 0 Å². The summed E-state index contributed by atoms with van der Waals surface area (Å²) in [6.07, 6.45) is 2.18. The lowest BCUT2D eigenvalue weighted by atomic mass is 9.90. The highest BCUT2D eigenvalue weighted by atomic mass is 35.5. The molecule has 1 saturated heterocycles. The van der Waals surface area contributed by atoms with Gasteiger partial charge in [0.25, 0.3) is 5.69 Å². The molecule has 3 aromatic rings. The normalized spacial score (nSPS) is 18.1. The fraction of sp³-hybridized carbons (Fsp3) is 0.238.